The number of aryl methyl sites for hydroxylation is 1. The summed E-state index contributed by atoms with van der Waals surface area (Å²) in [5.74, 6) is 1.43. The van der Waals surface area contributed by atoms with Gasteiger partial charge in [0, 0.05) is 18.9 Å². The zero-order valence-corrected chi connectivity index (χ0v) is 12.6. The molecule has 0 aliphatic heterocycles. The molecule has 1 N–H and O–H groups in total. The quantitative estimate of drug-likeness (QED) is 0.887. The third-order valence-corrected chi connectivity index (χ3v) is 3.36. The fourth-order valence-electron chi connectivity index (χ4n) is 2.26. The first-order valence-corrected chi connectivity index (χ1v) is 6.96. The standard InChI is InChI=1S/C17H22N2O/c1-12(2)17-6-5-16(9-13(17)3)20-11-15-10-14(18-4)7-8-19-15/h5-10,12H,11H2,1-4H3,(H,18,19). The second kappa shape index (κ2) is 6.42. The van der Waals surface area contributed by atoms with E-state index < -0.39 is 0 Å². The van der Waals surface area contributed by atoms with Crippen LogP contribution >= 0.6 is 0 Å². The van der Waals surface area contributed by atoms with E-state index >= 15 is 0 Å². The molecular weight excluding hydrogens is 248 g/mol. The topological polar surface area (TPSA) is 34.2 Å². The number of hydrogen-bond donors (Lipinski definition) is 1. The predicted molar refractivity (Wildman–Crippen MR) is 83.4 cm³/mol. The van der Waals surface area contributed by atoms with Crippen molar-refractivity contribution < 1.29 is 4.74 Å². The van der Waals surface area contributed by atoms with Crippen LogP contribution in [0.15, 0.2) is 36.5 Å². The third kappa shape index (κ3) is 3.50. The van der Waals surface area contributed by atoms with Crippen molar-refractivity contribution in [1.82, 2.24) is 4.98 Å². The number of pyridine rings is 1. The molecule has 3 heteroatoms. The fraction of sp³-hybridized carbons (Fsp3) is 0.353. The Morgan fingerprint density at radius 3 is 2.65 bits per heavy atom. The molecule has 0 saturated heterocycles. The van der Waals surface area contributed by atoms with Gasteiger partial charge in [-0.25, -0.2) is 0 Å². The average molecular weight is 270 g/mol. The van der Waals surface area contributed by atoms with Gasteiger partial charge < -0.3 is 10.1 Å². The molecule has 3 nitrogen and oxygen atoms in total. The zero-order chi connectivity index (χ0) is 14.5. The van der Waals surface area contributed by atoms with Crippen LogP contribution in [-0.2, 0) is 6.61 Å². The molecule has 0 amide bonds. The van der Waals surface area contributed by atoms with Crippen molar-refractivity contribution in [2.24, 2.45) is 0 Å². The number of nitrogens with one attached hydrogen (secondary N) is 1. The summed E-state index contributed by atoms with van der Waals surface area (Å²) in [6, 6.07) is 10.2. The first-order valence-electron chi connectivity index (χ1n) is 6.96. The van der Waals surface area contributed by atoms with Gasteiger partial charge in [-0.1, -0.05) is 19.9 Å². The lowest BCUT2D eigenvalue weighted by Crippen LogP contribution is -2.00. The first-order chi connectivity index (χ1) is 9.60. The lowest BCUT2D eigenvalue weighted by atomic mass is 9.98. The summed E-state index contributed by atoms with van der Waals surface area (Å²) in [5.41, 5.74) is 4.61. The number of aromatic nitrogens is 1. The lowest BCUT2D eigenvalue weighted by molar-refractivity contribution is 0.301. The van der Waals surface area contributed by atoms with Crippen LogP contribution in [-0.4, -0.2) is 12.0 Å². The van der Waals surface area contributed by atoms with Crippen LogP contribution in [0.1, 0.15) is 36.6 Å². The monoisotopic (exact) mass is 270 g/mol. The van der Waals surface area contributed by atoms with Gasteiger partial charge in [0.2, 0.25) is 0 Å². The van der Waals surface area contributed by atoms with Gasteiger partial charge in [-0.05, 0) is 48.2 Å². The number of rotatable bonds is 5. The minimum atomic E-state index is 0.482. The molecule has 1 aromatic carbocycles. The van der Waals surface area contributed by atoms with Crippen LogP contribution < -0.4 is 10.1 Å². The summed E-state index contributed by atoms with van der Waals surface area (Å²) < 4.78 is 5.82. The Bertz CT molecular complexity index is 579. The fourth-order valence-corrected chi connectivity index (χ4v) is 2.26. The Morgan fingerprint density at radius 1 is 1.20 bits per heavy atom. The zero-order valence-electron chi connectivity index (χ0n) is 12.6. The van der Waals surface area contributed by atoms with Gasteiger partial charge in [-0.15, -0.1) is 0 Å². The largest absolute Gasteiger partial charge is 0.487 e. The highest BCUT2D eigenvalue weighted by Gasteiger charge is 2.05. The van der Waals surface area contributed by atoms with Crippen molar-refractivity contribution >= 4 is 5.69 Å². The predicted octanol–water partition coefficient (Wildman–Crippen LogP) is 4.13. The second-order valence-electron chi connectivity index (χ2n) is 5.25. The number of benzene rings is 1. The van der Waals surface area contributed by atoms with Crippen molar-refractivity contribution in [2.45, 2.75) is 33.3 Å². The second-order valence-corrected chi connectivity index (χ2v) is 5.25. The van der Waals surface area contributed by atoms with Crippen LogP contribution in [0.3, 0.4) is 0 Å². The van der Waals surface area contributed by atoms with E-state index in [-0.39, 0.29) is 0 Å². The summed E-state index contributed by atoms with van der Waals surface area (Å²) in [7, 11) is 1.90. The van der Waals surface area contributed by atoms with Gasteiger partial charge in [-0.2, -0.15) is 0 Å². The van der Waals surface area contributed by atoms with Gasteiger partial charge in [0.05, 0.1) is 5.69 Å². The van der Waals surface area contributed by atoms with Crippen LogP contribution in [0.5, 0.6) is 5.75 Å². The molecule has 0 atom stereocenters. The Kier molecular flexibility index (Phi) is 4.61. The van der Waals surface area contributed by atoms with E-state index in [1.807, 2.05) is 25.2 Å². The maximum Gasteiger partial charge on any atom is 0.130 e. The van der Waals surface area contributed by atoms with Gasteiger partial charge in [0.15, 0.2) is 0 Å². The van der Waals surface area contributed by atoms with E-state index in [1.165, 1.54) is 11.1 Å². The average Bonchev–Trinajstić information content (AvgIpc) is 2.45. The number of anilines is 1. The van der Waals surface area contributed by atoms with Crippen LogP contribution in [0.25, 0.3) is 0 Å². The van der Waals surface area contributed by atoms with Crippen LogP contribution in [0.2, 0.25) is 0 Å². The van der Waals surface area contributed by atoms with E-state index in [2.05, 4.69) is 43.2 Å². The minimum Gasteiger partial charge on any atom is -0.487 e. The minimum absolute atomic E-state index is 0.482. The molecular formula is C17H22N2O. The SMILES string of the molecule is CNc1ccnc(COc2ccc(C(C)C)c(C)c2)c1. The Labute approximate surface area is 121 Å². The Hall–Kier alpha value is -2.03. The maximum absolute atomic E-state index is 5.82. The third-order valence-electron chi connectivity index (χ3n) is 3.36. The highest BCUT2D eigenvalue weighted by atomic mass is 16.5. The van der Waals surface area contributed by atoms with Gasteiger partial charge in [0.25, 0.3) is 0 Å². The van der Waals surface area contributed by atoms with Crippen LogP contribution in [0, 0.1) is 6.92 Å². The summed E-state index contributed by atoms with van der Waals surface area (Å²) in [6.07, 6.45) is 1.79. The molecule has 0 radical (unpaired) electrons. The van der Waals surface area contributed by atoms with Crippen LogP contribution in [0.4, 0.5) is 5.69 Å². The normalized spacial score (nSPS) is 10.7. The molecule has 0 fully saturated rings. The van der Waals surface area contributed by atoms with E-state index in [4.69, 9.17) is 4.74 Å². The van der Waals surface area contributed by atoms with Crippen molar-refractivity contribution in [3.63, 3.8) is 0 Å². The molecule has 20 heavy (non-hydrogen) atoms. The molecule has 0 bridgehead atoms. The van der Waals surface area contributed by atoms with E-state index in [1.54, 1.807) is 6.20 Å². The van der Waals surface area contributed by atoms with Crippen molar-refractivity contribution in [3.8, 4) is 5.75 Å². The molecule has 2 rings (SSSR count). The molecule has 0 spiro atoms. The molecule has 2 aromatic rings. The molecule has 106 valence electrons. The van der Waals surface area contributed by atoms with Crippen molar-refractivity contribution in [2.75, 3.05) is 12.4 Å². The summed E-state index contributed by atoms with van der Waals surface area (Å²) in [6.45, 7) is 7.02. The van der Waals surface area contributed by atoms with Crippen molar-refractivity contribution in [3.05, 3.63) is 53.3 Å². The number of hydrogen-bond acceptors (Lipinski definition) is 3. The van der Waals surface area contributed by atoms with E-state index in [0.717, 1.165) is 17.1 Å². The number of nitrogens with zero attached hydrogens (tertiary/aromatic N) is 1. The van der Waals surface area contributed by atoms with Gasteiger partial charge in [0.1, 0.15) is 12.4 Å². The maximum atomic E-state index is 5.82. The van der Waals surface area contributed by atoms with Gasteiger partial charge >= 0.3 is 0 Å². The van der Waals surface area contributed by atoms with E-state index in [9.17, 15) is 0 Å². The lowest BCUT2D eigenvalue weighted by Gasteiger charge is -2.12. The molecule has 0 unspecified atom stereocenters. The molecule has 1 aromatic heterocycles. The first kappa shape index (κ1) is 14.4. The molecule has 0 saturated carbocycles. The smallest absolute Gasteiger partial charge is 0.130 e. The summed E-state index contributed by atoms with van der Waals surface area (Å²) >= 11 is 0. The summed E-state index contributed by atoms with van der Waals surface area (Å²) in [5, 5.41) is 3.10. The molecule has 0 aliphatic rings. The number of ether oxygens (including phenoxy) is 1. The Balaban J connectivity index is 2.05. The Morgan fingerprint density at radius 2 is 2.00 bits per heavy atom. The van der Waals surface area contributed by atoms with E-state index in [0.29, 0.717) is 12.5 Å². The van der Waals surface area contributed by atoms with Crippen molar-refractivity contribution in [1.29, 1.82) is 0 Å². The van der Waals surface area contributed by atoms with Gasteiger partial charge in [-0.3, -0.25) is 4.98 Å². The highest BCUT2D eigenvalue weighted by molar-refractivity contribution is 5.42. The highest BCUT2D eigenvalue weighted by Crippen LogP contribution is 2.24. The molecule has 0 aliphatic carbocycles. The summed E-state index contributed by atoms with van der Waals surface area (Å²) in [4.78, 5) is 4.31. The molecule has 1 heterocycles.